The van der Waals surface area contributed by atoms with Crippen molar-refractivity contribution in [2.75, 3.05) is 0 Å². The smallest absolute Gasteiger partial charge is 0.166 e. The van der Waals surface area contributed by atoms with Crippen molar-refractivity contribution >= 4 is 43.7 Å². The first-order valence-electron chi connectivity index (χ1n) is 19.2. The SMILES string of the molecule is N#Cc1ccccc1-c1ccc2c3ccccc3n(-c3ccc(-c4ccc5c(c4)oc4ccccc45)cc3-c3nc(-c4ccccc4)nc(-c4ccccc4)n3)c2c1. The van der Waals surface area contributed by atoms with Crippen LogP contribution in [0.5, 0.6) is 0 Å². The van der Waals surface area contributed by atoms with Crippen molar-refractivity contribution in [1.29, 1.82) is 5.26 Å². The third-order valence-corrected chi connectivity index (χ3v) is 10.9. The fraction of sp³-hybridized carbons (Fsp3) is 0. The number of hydrogen-bond donors (Lipinski definition) is 0. The van der Waals surface area contributed by atoms with Crippen molar-refractivity contribution in [3.63, 3.8) is 0 Å². The van der Waals surface area contributed by atoms with E-state index in [4.69, 9.17) is 19.4 Å². The molecule has 0 N–H and O–H groups in total. The molecule has 6 nitrogen and oxygen atoms in total. The van der Waals surface area contributed by atoms with E-state index in [1.165, 1.54) is 0 Å². The number of rotatable bonds is 6. The van der Waals surface area contributed by atoms with Gasteiger partial charge in [0.15, 0.2) is 17.5 Å². The van der Waals surface area contributed by atoms with Gasteiger partial charge in [-0.3, -0.25) is 0 Å². The summed E-state index contributed by atoms with van der Waals surface area (Å²) in [7, 11) is 0. The van der Waals surface area contributed by atoms with Gasteiger partial charge in [-0.05, 0) is 70.8 Å². The minimum atomic E-state index is 0.547. The predicted octanol–water partition coefficient (Wildman–Crippen LogP) is 13.1. The van der Waals surface area contributed by atoms with Crippen LogP contribution in [0.15, 0.2) is 192 Å². The highest BCUT2D eigenvalue weighted by atomic mass is 16.3. The van der Waals surface area contributed by atoms with Gasteiger partial charge < -0.3 is 8.98 Å². The van der Waals surface area contributed by atoms with Crippen molar-refractivity contribution in [2.45, 2.75) is 0 Å². The maximum atomic E-state index is 10.0. The average molecular weight is 742 g/mol. The third kappa shape index (κ3) is 5.53. The summed E-state index contributed by atoms with van der Waals surface area (Å²) in [5.41, 5.74) is 11.8. The van der Waals surface area contributed by atoms with Crippen LogP contribution in [0.4, 0.5) is 0 Å². The molecule has 270 valence electrons. The Bertz CT molecular complexity index is 3360. The van der Waals surface area contributed by atoms with Gasteiger partial charge in [-0.25, -0.2) is 15.0 Å². The summed E-state index contributed by atoms with van der Waals surface area (Å²) in [5.74, 6) is 1.72. The zero-order valence-corrected chi connectivity index (χ0v) is 31.0. The molecule has 11 aromatic rings. The van der Waals surface area contributed by atoms with Crippen LogP contribution in [-0.2, 0) is 0 Å². The van der Waals surface area contributed by atoms with Crippen LogP contribution < -0.4 is 0 Å². The number of para-hydroxylation sites is 2. The number of furan rings is 1. The molecule has 0 unspecified atom stereocenters. The summed E-state index contributed by atoms with van der Waals surface area (Å²) in [6, 6.07) is 66.3. The van der Waals surface area contributed by atoms with E-state index in [9.17, 15) is 5.26 Å². The van der Waals surface area contributed by atoms with Crippen molar-refractivity contribution in [2.24, 2.45) is 0 Å². The standard InChI is InChI=1S/C52H31N5O/c53-32-38-17-7-8-18-39(38)37-24-26-41-40-19-9-11-21-45(40)57(47(41)30-37)46-28-25-35(36-23-27-43-42-20-10-12-22-48(42)58-49(43)31-36)29-44(46)52-55-50(33-13-3-1-4-14-33)54-51(56-52)34-15-5-2-6-16-34/h1-31H. The van der Waals surface area contributed by atoms with E-state index in [2.05, 4.69) is 95.6 Å². The summed E-state index contributed by atoms with van der Waals surface area (Å²) in [4.78, 5) is 15.5. The molecule has 3 heterocycles. The molecule has 3 aromatic heterocycles. The van der Waals surface area contributed by atoms with E-state index in [-0.39, 0.29) is 0 Å². The molecule has 0 bridgehead atoms. The first-order chi connectivity index (χ1) is 28.7. The summed E-state index contributed by atoms with van der Waals surface area (Å²) in [6.45, 7) is 0. The quantitative estimate of drug-likeness (QED) is 0.169. The lowest BCUT2D eigenvalue weighted by molar-refractivity contribution is 0.669. The van der Waals surface area contributed by atoms with Crippen molar-refractivity contribution in [1.82, 2.24) is 19.5 Å². The Balaban J connectivity index is 1.21. The number of fused-ring (bicyclic) bond motifs is 6. The molecule has 0 saturated carbocycles. The Morgan fingerprint density at radius 3 is 1.74 bits per heavy atom. The largest absolute Gasteiger partial charge is 0.456 e. The Morgan fingerprint density at radius 1 is 0.397 bits per heavy atom. The Morgan fingerprint density at radius 2 is 0.966 bits per heavy atom. The molecule has 0 aliphatic heterocycles. The van der Waals surface area contributed by atoms with Gasteiger partial charge in [0.1, 0.15) is 11.2 Å². The molecule has 0 spiro atoms. The number of nitrogens with zero attached hydrogens (tertiary/aromatic N) is 5. The van der Waals surface area contributed by atoms with Gasteiger partial charge in [-0.2, -0.15) is 5.26 Å². The zero-order valence-electron chi connectivity index (χ0n) is 31.0. The van der Waals surface area contributed by atoms with E-state index >= 15 is 0 Å². The Kier molecular flexibility index (Phi) is 7.76. The number of aromatic nitrogens is 4. The van der Waals surface area contributed by atoms with Crippen LogP contribution in [-0.4, -0.2) is 19.5 Å². The molecule has 6 heteroatoms. The molecule has 0 fully saturated rings. The van der Waals surface area contributed by atoms with Crippen LogP contribution in [0.2, 0.25) is 0 Å². The second-order valence-electron chi connectivity index (χ2n) is 14.3. The van der Waals surface area contributed by atoms with Crippen LogP contribution in [0.3, 0.4) is 0 Å². The molecular weight excluding hydrogens is 711 g/mol. The second-order valence-corrected chi connectivity index (χ2v) is 14.3. The zero-order chi connectivity index (χ0) is 38.6. The number of nitriles is 1. The summed E-state index contributed by atoms with van der Waals surface area (Å²) < 4.78 is 8.65. The first kappa shape index (κ1) is 33.2. The van der Waals surface area contributed by atoms with E-state index in [0.717, 1.165) is 88.4 Å². The molecule has 0 aliphatic carbocycles. The normalized spacial score (nSPS) is 11.4. The molecular formula is C52H31N5O. The van der Waals surface area contributed by atoms with E-state index in [1.54, 1.807) is 0 Å². The molecule has 0 amide bonds. The lowest BCUT2D eigenvalue weighted by Crippen LogP contribution is -2.04. The highest BCUT2D eigenvalue weighted by Crippen LogP contribution is 2.41. The Hall–Kier alpha value is -8.14. The van der Waals surface area contributed by atoms with Gasteiger partial charge in [0, 0.05) is 38.2 Å². The van der Waals surface area contributed by atoms with Gasteiger partial charge >= 0.3 is 0 Å². The highest BCUT2D eigenvalue weighted by Gasteiger charge is 2.21. The van der Waals surface area contributed by atoms with Crippen LogP contribution in [0.25, 0.3) is 106 Å². The second kappa shape index (κ2) is 13.6. The molecule has 0 aliphatic rings. The maximum Gasteiger partial charge on any atom is 0.166 e. The topological polar surface area (TPSA) is 80.5 Å². The Labute approximate surface area is 333 Å². The molecule has 58 heavy (non-hydrogen) atoms. The van der Waals surface area contributed by atoms with Crippen molar-refractivity contribution in [3.05, 3.63) is 194 Å². The van der Waals surface area contributed by atoms with Gasteiger partial charge in [0.25, 0.3) is 0 Å². The lowest BCUT2D eigenvalue weighted by Gasteiger charge is -2.17. The maximum absolute atomic E-state index is 10.0. The van der Waals surface area contributed by atoms with Crippen LogP contribution >= 0.6 is 0 Å². The fourth-order valence-corrected chi connectivity index (χ4v) is 8.15. The summed E-state index contributed by atoms with van der Waals surface area (Å²) in [6.07, 6.45) is 0. The molecule has 8 aromatic carbocycles. The molecule has 11 rings (SSSR count). The molecule has 0 saturated heterocycles. The number of hydrogen-bond acceptors (Lipinski definition) is 5. The summed E-state index contributed by atoms with van der Waals surface area (Å²) in [5, 5.41) is 14.4. The van der Waals surface area contributed by atoms with Crippen molar-refractivity contribution in [3.8, 4) is 68.2 Å². The van der Waals surface area contributed by atoms with E-state index in [1.807, 2.05) is 103 Å². The first-order valence-corrected chi connectivity index (χ1v) is 19.2. The number of benzene rings is 8. The highest BCUT2D eigenvalue weighted by molar-refractivity contribution is 6.11. The van der Waals surface area contributed by atoms with Gasteiger partial charge in [-0.15, -0.1) is 0 Å². The van der Waals surface area contributed by atoms with E-state index in [0.29, 0.717) is 23.0 Å². The van der Waals surface area contributed by atoms with E-state index < -0.39 is 0 Å². The minimum absolute atomic E-state index is 0.547. The summed E-state index contributed by atoms with van der Waals surface area (Å²) >= 11 is 0. The monoisotopic (exact) mass is 741 g/mol. The van der Waals surface area contributed by atoms with Crippen molar-refractivity contribution < 1.29 is 4.42 Å². The predicted molar refractivity (Wildman–Crippen MR) is 233 cm³/mol. The van der Waals surface area contributed by atoms with Gasteiger partial charge in [-0.1, -0.05) is 140 Å². The molecule has 0 atom stereocenters. The van der Waals surface area contributed by atoms with Crippen LogP contribution in [0.1, 0.15) is 5.56 Å². The minimum Gasteiger partial charge on any atom is -0.456 e. The fourth-order valence-electron chi connectivity index (χ4n) is 8.15. The lowest BCUT2D eigenvalue weighted by atomic mass is 9.98. The average Bonchev–Trinajstić information content (AvgIpc) is 3.84. The molecule has 0 radical (unpaired) electrons. The van der Waals surface area contributed by atoms with Gasteiger partial charge in [0.2, 0.25) is 0 Å². The van der Waals surface area contributed by atoms with Gasteiger partial charge in [0.05, 0.1) is 28.4 Å². The third-order valence-electron chi connectivity index (χ3n) is 10.9. The van der Waals surface area contributed by atoms with Crippen LogP contribution in [0, 0.1) is 11.3 Å².